The third-order valence-electron chi connectivity index (χ3n) is 5.02. The van der Waals surface area contributed by atoms with Crippen molar-refractivity contribution in [3.05, 3.63) is 51.8 Å². The van der Waals surface area contributed by atoms with Crippen molar-refractivity contribution < 1.29 is 23.0 Å². The van der Waals surface area contributed by atoms with Crippen molar-refractivity contribution in [3.8, 4) is 11.5 Å². The maximum Gasteiger partial charge on any atom is 0.171 e. The molecule has 31 heavy (non-hydrogen) atoms. The topological polar surface area (TPSA) is 45.5 Å². The standard InChI is InChI=1S/C22H27BrF2N2O3Si/c1-28-18-10-19(29-2)21(25)17(20(18)24)8-14-12-27(13-30-6-7-31(3,4)5)22-16(14)9-15(23)11-26-22/h9-12H,6-8,13H2,1-5H3. The molecule has 3 rings (SSSR count). The minimum absolute atomic E-state index is 0.0156. The summed E-state index contributed by atoms with van der Waals surface area (Å²) < 4.78 is 48.5. The summed E-state index contributed by atoms with van der Waals surface area (Å²) in [6.07, 6.45) is 3.55. The van der Waals surface area contributed by atoms with Crippen LogP contribution in [0.25, 0.3) is 11.0 Å². The van der Waals surface area contributed by atoms with Gasteiger partial charge in [-0.15, -0.1) is 0 Å². The second-order valence-corrected chi connectivity index (χ2v) is 15.1. The van der Waals surface area contributed by atoms with E-state index in [2.05, 4.69) is 40.6 Å². The van der Waals surface area contributed by atoms with Crippen LogP contribution in [0.15, 0.2) is 29.0 Å². The molecule has 0 fully saturated rings. The van der Waals surface area contributed by atoms with Gasteiger partial charge in [-0.05, 0) is 33.6 Å². The predicted molar refractivity (Wildman–Crippen MR) is 124 cm³/mol. The molecule has 0 spiro atoms. The Bertz CT molecular complexity index is 1050. The number of nitrogens with zero attached hydrogens (tertiary/aromatic N) is 2. The van der Waals surface area contributed by atoms with Gasteiger partial charge in [-0.25, -0.2) is 13.8 Å². The van der Waals surface area contributed by atoms with Crippen LogP contribution >= 0.6 is 15.9 Å². The van der Waals surface area contributed by atoms with Gasteiger partial charge in [-0.1, -0.05) is 19.6 Å². The van der Waals surface area contributed by atoms with Crippen LogP contribution in [0.2, 0.25) is 25.7 Å². The largest absolute Gasteiger partial charge is 0.494 e. The Morgan fingerprint density at radius 2 is 1.71 bits per heavy atom. The number of methoxy groups -OCH3 is 2. The highest BCUT2D eigenvalue weighted by atomic mass is 79.9. The first kappa shape index (κ1) is 23.7. The zero-order valence-corrected chi connectivity index (χ0v) is 21.0. The minimum atomic E-state index is -1.20. The Kier molecular flexibility index (Phi) is 7.38. The zero-order chi connectivity index (χ0) is 22.8. The zero-order valence-electron chi connectivity index (χ0n) is 18.4. The van der Waals surface area contributed by atoms with Crippen molar-refractivity contribution in [1.82, 2.24) is 9.55 Å². The van der Waals surface area contributed by atoms with Crippen molar-refractivity contribution in [2.45, 2.75) is 38.8 Å². The number of ether oxygens (including phenoxy) is 3. The van der Waals surface area contributed by atoms with E-state index < -0.39 is 19.7 Å². The number of rotatable bonds is 9. The fraction of sp³-hybridized carbons (Fsp3) is 0.409. The molecule has 2 heterocycles. The molecule has 0 unspecified atom stereocenters. The lowest BCUT2D eigenvalue weighted by molar-refractivity contribution is 0.0898. The lowest BCUT2D eigenvalue weighted by Crippen LogP contribution is -2.22. The van der Waals surface area contributed by atoms with E-state index in [1.807, 2.05) is 16.8 Å². The maximum absolute atomic E-state index is 14.9. The fourth-order valence-corrected chi connectivity index (χ4v) is 4.37. The SMILES string of the molecule is COc1cc(OC)c(F)c(Cc2cn(COCC[Si](C)(C)C)c3ncc(Br)cc23)c1F. The number of hydrogen-bond acceptors (Lipinski definition) is 4. The molecule has 0 amide bonds. The average Bonchev–Trinajstić information content (AvgIpc) is 3.04. The quantitative estimate of drug-likeness (QED) is 0.260. The molecule has 0 saturated heterocycles. The van der Waals surface area contributed by atoms with Crippen LogP contribution in [0.3, 0.4) is 0 Å². The normalized spacial score (nSPS) is 11.9. The predicted octanol–water partition coefficient (Wildman–Crippen LogP) is 6.00. The summed E-state index contributed by atoms with van der Waals surface area (Å²) in [5.74, 6) is -1.61. The first-order chi connectivity index (χ1) is 14.6. The van der Waals surface area contributed by atoms with Crippen molar-refractivity contribution in [3.63, 3.8) is 0 Å². The molecule has 2 aromatic heterocycles. The molecule has 5 nitrogen and oxygen atoms in total. The van der Waals surface area contributed by atoms with Crippen LogP contribution in [0, 0.1) is 11.6 Å². The summed E-state index contributed by atoms with van der Waals surface area (Å²) in [5.41, 5.74) is 1.31. The molecule has 9 heteroatoms. The highest BCUT2D eigenvalue weighted by molar-refractivity contribution is 9.10. The third-order valence-corrected chi connectivity index (χ3v) is 7.16. The fourth-order valence-electron chi connectivity index (χ4n) is 3.28. The lowest BCUT2D eigenvalue weighted by atomic mass is 10.0. The van der Waals surface area contributed by atoms with E-state index >= 15 is 0 Å². The van der Waals surface area contributed by atoms with E-state index in [4.69, 9.17) is 14.2 Å². The Balaban J connectivity index is 1.97. The number of benzene rings is 1. The molecular weight excluding hydrogens is 486 g/mol. The average molecular weight is 513 g/mol. The molecule has 3 aromatic rings. The minimum Gasteiger partial charge on any atom is -0.494 e. The maximum atomic E-state index is 14.9. The second kappa shape index (κ2) is 9.66. The van der Waals surface area contributed by atoms with Crippen LogP contribution in [0.1, 0.15) is 11.1 Å². The highest BCUT2D eigenvalue weighted by Gasteiger charge is 2.22. The number of halogens is 3. The van der Waals surface area contributed by atoms with Gasteiger partial charge in [-0.3, -0.25) is 0 Å². The first-order valence-electron chi connectivity index (χ1n) is 9.94. The Labute approximate surface area is 190 Å². The van der Waals surface area contributed by atoms with Crippen LogP contribution in [-0.2, 0) is 17.9 Å². The Hall–Kier alpha value is -1.97. The molecule has 0 aliphatic carbocycles. The molecule has 0 aliphatic rings. The summed E-state index contributed by atoms with van der Waals surface area (Å²) in [6.45, 7) is 7.87. The van der Waals surface area contributed by atoms with Gasteiger partial charge in [-0.2, -0.15) is 0 Å². The molecule has 0 aliphatic heterocycles. The van der Waals surface area contributed by atoms with E-state index in [0.717, 1.165) is 21.5 Å². The van der Waals surface area contributed by atoms with Crippen molar-refractivity contribution >= 4 is 35.0 Å². The van der Waals surface area contributed by atoms with Crippen LogP contribution in [0.5, 0.6) is 11.5 Å². The molecule has 0 N–H and O–H groups in total. The second-order valence-electron chi connectivity index (χ2n) is 8.56. The van der Waals surface area contributed by atoms with Gasteiger partial charge >= 0.3 is 0 Å². The molecule has 168 valence electrons. The van der Waals surface area contributed by atoms with Gasteiger partial charge in [0.25, 0.3) is 0 Å². The van der Waals surface area contributed by atoms with Gasteiger partial charge in [0.05, 0.1) is 14.2 Å². The molecule has 0 bridgehead atoms. The van der Waals surface area contributed by atoms with Crippen molar-refractivity contribution in [1.29, 1.82) is 0 Å². The smallest absolute Gasteiger partial charge is 0.171 e. The number of pyridine rings is 1. The van der Waals surface area contributed by atoms with Gasteiger partial charge in [0, 0.05) is 55.0 Å². The monoisotopic (exact) mass is 512 g/mol. The Morgan fingerprint density at radius 3 is 2.29 bits per heavy atom. The van der Waals surface area contributed by atoms with Crippen LogP contribution in [-0.4, -0.2) is 38.5 Å². The molecule has 0 atom stereocenters. The van der Waals surface area contributed by atoms with E-state index in [0.29, 0.717) is 19.0 Å². The van der Waals surface area contributed by atoms with Crippen LogP contribution < -0.4 is 9.47 Å². The summed E-state index contributed by atoms with van der Waals surface area (Å²) >= 11 is 3.43. The van der Waals surface area contributed by atoms with Crippen LogP contribution in [0.4, 0.5) is 8.78 Å². The van der Waals surface area contributed by atoms with Gasteiger partial charge < -0.3 is 18.8 Å². The summed E-state index contributed by atoms with van der Waals surface area (Å²) in [6, 6.07) is 4.16. The summed E-state index contributed by atoms with van der Waals surface area (Å²) in [4.78, 5) is 4.49. The van der Waals surface area contributed by atoms with Crippen molar-refractivity contribution in [2.24, 2.45) is 0 Å². The van der Waals surface area contributed by atoms with E-state index in [1.54, 1.807) is 6.20 Å². The number of aromatic nitrogens is 2. The Morgan fingerprint density at radius 1 is 1.06 bits per heavy atom. The van der Waals surface area contributed by atoms with E-state index in [1.165, 1.54) is 20.3 Å². The van der Waals surface area contributed by atoms with Gasteiger partial charge in [0.1, 0.15) is 12.4 Å². The van der Waals surface area contributed by atoms with E-state index in [9.17, 15) is 8.78 Å². The molecule has 0 radical (unpaired) electrons. The van der Waals surface area contributed by atoms with Gasteiger partial charge in [0.15, 0.2) is 23.1 Å². The molecular formula is C22H27BrF2N2O3Si. The summed E-state index contributed by atoms with van der Waals surface area (Å²) in [7, 11) is 1.48. The summed E-state index contributed by atoms with van der Waals surface area (Å²) in [5, 5.41) is 0.795. The van der Waals surface area contributed by atoms with E-state index in [-0.39, 0.29) is 23.5 Å². The highest BCUT2D eigenvalue weighted by Crippen LogP contribution is 2.34. The number of hydrogen-bond donors (Lipinski definition) is 0. The lowest BCUT2D eigenvalue weighted by Gasteiger charge is -2.15. The molecule has 0 saturated carbocycles. The van der Waals surface area contributed by atoms with Gasteiger partial charge in [0.2, 0.25) is 0 Å². The third kappa shape index (κ3) is 5.45. The first-order valence-corrected chi connectivity index (χ1v) is 14.4. The van der Waals surface area contributed by atoms with Crippen molar-refractivity contribution in [2.75, 3.05) is 20.8 Å². The molecule has 1 aromatic carbocycles. The number of fused-ring (bicyclic) bond motifs is 1.